The highest BCUT2D eigenvalue weighted by molar-refractivity contribution is 5.83. The summed E-state index contributed by atoms with van der Waals surface area (Å²) in [6.45, 7) is 8.17. The molecule has 2 heterocycles. The molecule has 29 heavy (non-hydrogen) atoms. The number of likely N-dealkylation sites (N-methyl/N-ethyl adjacent to an activating group) is 1. The molecule has 0 saturated heterocycles. The Balaban J connectivity index is 1.92. The van der Waals surface area contributed by atoms with Gasteiger partial charge in [-0.2, -0.15) is 0 Å². The van der Waals surface area contributed by atoms with Crippen LogP contribution in [0.15, 0.2) is 41.1 Å². The summed E-state index contributed by atoms with van der Waals surface area (Å²) in [7, 11) is 2.05. The lowest BCUT2D eigenvalue weighted by atomic mass is 9.97. The van der Waals surface area contributed by atoms with Gasteiger partial charge in [-0.25, -0.2) is 5.01 Å². The number of aromatic hydroxyl groups is 1. The third kappa shape index (κ3) is 4.29. The molecule has 0 saturated carbocycles. The van der Waals surface area contributed by atoms with Crippen molar-refractivity contribution in [1.82, 2.24) is 14.9 Å². The van der Waals surface area contributed by atoms with Crippen molar-refractivity contribution in [3.63, 3.8) is 0 Å². The fourth-order valence-electron chi connectivity index (χ4n) is 3.95. The number of phenols is 1. The maximum Gasteiger partial charge on any atom is 0.219 e. The molecule has 0 aliphatic carbocycles. The number of phenolic OH excluding ortho intramolecular Hbond substituents is 1. The number of nitrogens with zero attached hydrogens (tertiary/aromatic N) is 3. The van der Waals surface area contributed by atoms with E-state index in [1.54, 1.807) is 19.1 Å². The lowest BCUT2D eigenvalue weighted by Crippen LogP contribution is -2.43. The van der Waals surface area contributed by atoms with Crippen molar-refractivity contribution >= 4 is 12.2 Å². The van der Waals surface area contributed by atoms with Crippen LogP contribution in [0.1, 0.15) is 37.6 Å². The molecule has 0 bridgehead atoms. The average Bonchev–Trinajstić information content (AvgIpc) is 3.07. The zero-order chi connectivity index (χ0) is 21.1. The van der Waals surface area contributed by atoms with Gasteiger partial charge in [-0.15, -0.1) is 0 Å². The largest absolute Gasteiger partial charge is 0.507 e. The SMILES string of the molecule is CC(=O)N1CCC(COc2cccc(O)c2C=O)=C(C2=CCN(C)N2C(C)C)C1. The monoisotopic (exact) mass is 399 g/mol. The molecule has 0 spiro atoms. The fourth-order valence-corrected chi connectivity index (χ4v) is 3.95. The van der Waals surface area contributed by atoms with Crippen molar-refractivity contribution in [2.24, 2.45) is 0 Å². The third-order valence-corrected chi connectivity index (χ3v) is 5.43. The average molecular weight is 399 g/mol. The predicted molar refractivity (Wildman–Crippen MR) is 111 cm³/mol. The molecule has 0 unspecified atom stereocenters. The molecule has 3 rings (SSSR count). The lowest BCUT2D eigenvalue weighted by Gasteiger charge is -2.38. The number of amides is 1. The Labute approximate surface area is 171 Å². The van der Waals surface area contributed by atoms with Crippen molar-refractivity contribution < 1.29 is 19.4 Å². The molecule has 7 nitrogen and oxygen atoms in total. The molecule has 1 amide bonds. The van der Waals surface area contributed by atoms with Gasteiger partial charge < -0.3 is 19.8 Å². The van der Waals surface area contributed by atoms with Gasteiger partial charge >= 0.3 is 0 Å². The molecule has 156 valence electrons. The number of benzene rings is 1. The Kier molecular flexibility index (Phi) is 6.27. The van der Waals surface area contributed by atoms with E-state index in [1.165, 1.54) is 6.07 Å². The summed E-state index contributed by atoms with van der Waals surface area (Å²) < 4.78 is 5.94. The molecule has 1 aromatic carbocycles. The number of rotatable bonds is 6. The van der Waals surface area contributed by atoms with Crippen molar-refractivity contribution in [3.8, 4) is 11.5 Å². The number of carbonyl (C=O) groups is 2. The maximum atomic E-state index is 12.0. The highest BCUT2D eigenvalue weighted by Crippen LogP contribution is 2.32. The molecule has 2 aliphatic rings. The third-order valence-electron chi connectivity index (χ3n) is 5.43. The maximum absolute atomic E-state index is 12.0. The van der Waals surface area contributed by atoms with Crippen LogP contribution in [-0.2, 0) is 4.79 Å². The van der Waals surface area contributed by atoms with Crippen molar-refractivity contribution in [3.05, 3.63) is 46.7 Å². The van der Waals surface area contributed by atoms with Gasteiger partial charge in [-0.3, -0.25) is 9.59 Å². The number of hydrazine groups is 1. The van der Waals surface area contributed by atoms with Gasteiger partial charge in [0.1, 0.15) is 18.1 Å². The van der Waals surface area contributed by atoms with Crippen LogP contribution >= 0.6 is 0 Å². The summed E-state index contributed by atoms with van der Waals surface area (Å²) >= 11 is 0. The first-order chi connectivity index (χ1) is 13.8. The Bertz CT molecular complexity index is 860. The summed E-state index contributed by atoms with van der Waals surface area (Å²) in [6.07, 6.45) is 3.49. The molecular weight excluding hydrogens is 370 g/mol. The van der Waals surface area contributed by atoms with Gasteiger partial charge in [0.15, 0.2) is 6.29 Å². The van der Waals surface area contributed by atoms with Crippen LogP contribution in [-0.4, -0.2) is 71.5 Å². The van der Waals surface area contributed by atoms with Crippen LogP contribution in [0.3, 0.4) is 0 Å². The highest BCUT2D eigenvalue weighted by Gasteiger charge is 2.31. The molecule has 0 atom stereocenters. The van der Waals surface area contributed by atoms with E-state index < -0.39 is 0 Å². The summed E-state index contributed by atoms with van der Waals surface area (Å²) in [6, 6.07) is 5.08. The molecule has 0 aromatic heterocycles. The molecule has 0 fully saturated rings. The first-order valence-corrected chi connectivity index (χ1v) is 9.90. The lowest BCUT2D eigenvalue weighted by molar-refractivity contribution is -0.128. The zero-order valence-corrected chi connectivity index (χ0v) is 17.5. The van der Waals surface area contributed by atoms with E-state index in [2.05, 4.69) is 37.0 Å². The van der Waals surface area contributed by atoms with Crippen molar-refractivity contribution in [1.29, 1.82) is 0 Å². The van der Waals surface area contributed by atoms with E-state index in [-0.39, 0.29) is 23.3 Å². The molecule has 1 N–H and O–H groups in total. The van der Waals surface area contributed by atoms with Crippen LogP contribution in [0.5, 0.6) is 11.5 Å². The van der Waals surface area contributed by atoms with E-state index in [0.29, 0.717) is 38.2 Å². The van der Waals surface area contributed by atoms with Gasteiger partial charge in [-0.1, -0.05) is 6.07 Å². The highest BCUT2D eigenvalue weighted by atomic mass is 16.5. The Morgan fingerprint density at radius 2 is 2.10 bits per heavy atom. The molecule has 1 aromatic rings. The Hall–Kier alpha value is -2.80. The number of hydrogen-bond acceptors (Lipinski definition) is 6. The Morgan fingerprint density at radius 3 is 2.76 bits per heavy atom. The zero-order valence-electron chi connectivity index (χ0n) is 17.5. The topological polar surface area (TPSA) is 73.3 Å². The molecule has 2 aliphatic heterocycles. The van der Waals surface area contributed by atoms with E-state index in [9.17, 15) is 14.7 Å². The van der Waals surface area contributed by atoms with Crippen molar-refractivity contribution in [2.75, 3.05) is 33.3 Å². The second-order valence-corrected chi connectivity index (χ2v) is 7.74. The summed E-state index contributed by atoms with van der Waals surface area (Å²) in [4.78, 5) is 25.2. The van der Waals surface area contributed by atoms with E-state index in [4.69, 9.17) is 4.74 Å². The van der Waals surface area contributed by atoms with Gasteiger partial charge in [-0.05, 0) is 49.6 Å². The van der Waals surface area contributed by atoms with Crippen LogP contribution in [0, 0.1) is 0 Å². The molecule has 7 heteroatoms. The van der Waals surface area contributed by atoms with Crippen LogP contribution < -0.4 is 4.74 Å². The fraction of sp³-hybridized carbons (Fsp3) is 0.455. The smallest absolute Gasteiger partial charge is 0.219 e. The van der Waals surface area contributed by atoms with Gasteiger partial charge in [0, 0.05) is 39.6 Å². The summed E-state index contributed by atoms with van der Waals surface area (Å²) in [5.74, 6) is 0.324. The number of ether oxygens (including phenoxy) is 1. The van der Waals surface area contributed by atoms with E-state index >= 15 is 0 Å². The van der Waals surface area contributed by atoms with E-state index in [0.717, 1.165) is 23.4 Å². The standard InChI is InChI=1S/C22H29N3O4/c1-15(2)25-20(9-10-23(25)4)18-12-24(16(3)27)11-8-17(18)14-29-22-7-5-6-21(28)19(22)13-26/h5-7,9,13,15,28H,8,10-12,14H2,1-4H3. The van der Waals surface area contributed by atoms with E-state index in [1.807, 2.05) is 4.90 Å². The van der Waals surface area contributed by atoms with Gasteiger partial charge in [0.2, 0.25) is 5.91 Å². The summed E-state index contributed by atoms with van der Waals surface area (Å²) in [5.41, 5.74) is 3.46. The number of hydrogen-bond donors (Lipinski definition) is 1. The summed E-state index contributed by atoms with van der Waals surface area (Å²) in [5, 5.41) is 14.3. The molecular formula is C22H29N3O4. The number of aldehydes is 1. The predicted octanol–water partition coefficient (Wildman–Crippen LogP) is 2.59. The van der Waals surface area contributed by atoms with Gasteiger partial charge in [0.25, 0.3) is 0 Å². The minimum Gasteiger partial charge on any atom is -0.507 e. The minimum absolute atomic E-state index is 0.0572. The second-order valence-electron chi connectivity index (χ2n) is 7.74. The van der Waals surface area contributed by atoms with Crippen molar-refractivity contribution in [2.45, 2.75) is 33.2 Å². The minimum atomic E-state index is -0.0933. The van der Waals surface area contributed by atoms with Crippen LogP contribution in [0.25, 0.3) is 0 Å². The second kappa shape index (κ2) is 8.69. The van der Waals surface area contributed by atoms with Crippen LogP contribution in [0.2, 0.25) is 0 Å². The molecule has 0 radical (unpaired) electrons. The van der Waals surface area contributed by atoms with Gasteiger partial charge in [0.05, 0.1) is 11.3 Å². The first kappa shape index (κ1) is 20.9. The Morgan fingerprint density at radius 1 is 1.34 bits per heavy atom. The van der Waals surface area contributed by atoms with Crippen LogP contribution in [0.4, 0.5) is 0 Å². The number of carbonyl (C=O) groups excluding carboxylic acids is 2. The normalized spacial score (nSPS) is 17.8. The quantitative estimate of drug-likeness (QED) is 0.742. The first-order valence-electron chi connectivity index (χ1n) is 9.90.